The molecule has 0 spiro atoms. The molecule has 8 heavy (non-hydrogen) atoms. The fraction of sp³-hybridized carbons (Fsp3) is 0. The van der Waals surface area contributed by atoms with Gasteiger partial charge in [-0.2, -0.15) is 9.49 Å². The molecule has 0 bridgehead atoms. The quantitative estimate of drug-likeness (QED) is 0.536. The Morgan fingerprint density at radius 3 is 2.88 bits per heavy atom. The van der Waals surface area contributed by atoms with E-state index in [4.69, 9.17) is 0 Å². The lowest BCUT2D eigenvalue weighted by atomic mass is 10.5. The van der Waals surface area contributed by atoms with Gasteiger partial charge in [-0.15, -0.1) is 0 Å². The number of rotatable bonds is 1. The van der Waals surface area contributed by atoms with Gasteiger partial charge in [-0.25, -0.2) is 0 Å². The number of hydrogen-bond acceptors (Lipinski definition) is 2. The predicted molar refractivity (Wildman–Crippen MR) is 23.9 cm³/mol. The minimum absolute atomic E-state index is 0.0856. The highest BCUT2D eigenvalue weighted by Gasteiger charge is 1.94. The van der Waals surface area contributed by atoms with E-state index < -0.39 is 5.95 Å². The summed E-state index contributed by atoms with van der Waals surface area (Å²) >= 11 is 0. The number of nitrogens with one attached hydrogen (secondary N) is 1. The molecule has 0 atom stereocenters. The van der Waals surface area contributed by atoms with Crippen molar-refractivity contribution in [3.05, 3.63) is 17.7 Å². The van der Waals surface area contributed by atoms with Crippen LogP contribution in [-0.2, 0) is 0 Å². The van der Waals surface area contributed by atoms with Crippen LogP contribution in [0.25, 0.3) is 0 Å². The molecule has 42 valence electrons. The van der Waals surface area contributed by atoms with Crippen molar-refractivity contribution in [2.45, 2.75) is 0 Å². The van der Waals surface area contributed by atoms with Gasteiger partial charge in [0.1, 0.15) is 5.69 Å². The van der Waals surface area contributed by atoms with Crippen LogP contribution in [0.2, 0.25) is 0 Å². The summed E-state index contributed by atoms with van der Waals surface area (Å²) in [6.07, 6.45) is 0.472. The number of halogens is 1. The maximum absolute atomic E-state index is 11.8. The molecule has 0 saturated heterocycles. The Balaban J connectivity index is 3.00. The number of aromatic nitrogens is 2. The van der Waals surface area contributed by atoms with E-state index in [0.29, 0.717) is 6.29 Å². The Bertz CT molecular complexity index is 196. The van der Waals surface area contributed by atoms with E-state index in [1.54, 1.807) is 0 Å². The monoisotopic (exact) mass is 114 g/mol. The first-order chi connectivity index (χ1) is 3.83. The Labute approximate surface area is 44.5 Å². The highest BCUT2D eigenvalue weighted by atomic mass is 19.1. The van der Waals surface area contributed by atoms with Gasteiger partial charge >= 0.3 is 0 Å². The van der Waals surface area contributed by atoms with Crippen LogP contribution in [0.1, 0.15) is 10.5 Å². The first kappa shape index (κ1) is 4.96. The van der Waals surface area contributed by atoms with Crippen molar-refractivity contribution < 1.29 is 9.18 Å². The zero-order valence-corrected chi connectivity index (χ0v) is 3.89. The molecule has 0 unspecified atom stereocenters. The first-order valence-electron chi connectivity index (χ1n) is 1.99. The molecule has 0 aliphatic carbocycles. The van der Waals surface area contributed by atoms with Gasteiger partial charge in [0.05, 0.1) is 0 Å². The van der Waals surface area contributed by atoms with E-state index in [9.17, 15) is 9.18 Å². The standard InChI is InChI=1S/C4H3FN2O/c5-4-1-3(2-8)6-7-4/h1-2H,(H,6,7). The van der Waals surface area contributed by atoms with Crippen LogP contribution >= 0.6 is 0 Å². The van der Waals surface area contributed by atoms with Crippen LogP contribution in [0.15, 0.2) is 6.07 Å². The van der Waals surface area contributed by atoms with Gasteiger partial charge in [0, 0.05) is 6.07 Å². The molecule has 1 N–H and O–H groups in total. The highest BCUT2D eigenvalue weighted by Crippen LogP contribution is 1.91. The van der Waals surface area contributed by atoms with Gasteiger partial charge in [-0.3, -0.25) is 9.89 Å². The van der Waals surface area contributed by atoms with Crippen LogP contribution in [0.5, 0.6) is 0 Å². The van der Waals surface area contributed by atoms with Crippen molar-refractivity contribution in [1.82, 2.24) is 10.2 Å². The summed E-state index contributed by atoms with van der Waals surface area (Å²) in [5, 5.41) is 5.24. The second kappa shape index (κ2) is 1.73. The predicted octanol–water partition coefficient (Wildman–Crippen LogP) is 0.361. The molecule has 3 nitrogen and oxygen atoms in total. The average molecular weight is 114 g/mol. The SMILES string of the molecule is O=Cc1cc(F)[nH]n1. The van der Waals surface area contributed by atoms with Crippen LogP contribution in [-0.4, -0.2) is 16.5 Å². The Morgan fingerprint density at radius 1 is 1.88 bits per heavy atom. The maximum atomic E-state index is 11.8. The summed E-state index contributed by atoms with van der Waals surface area (Å²) in [6.45, 7) is 0. The number of aromatic amines is 1. The van der Waals surface area contributed by atoms with Crippen LogP contribution in [0.3, 0.4) is 0 Å². The molecule has 0 radical (unpaired) electrons. The molecule has 0 aliphatic heterocycles. The molecule has 0 amide bonds. The van der Waals surface area contributed by atoms with Crippen molar-refractivity contribution in [2.24, 2.45) is 0 Å². The number of hydrogen-bond donors (Lipinski definition) is 1. The van der Waals surface area contributed by atoms with Gasteiger partial charge in [0.25, 0.3) is 0 Å². The van der Waals surface area contributed by atoms with Gasteiger partial charge in [0.15, 0.2) is 6.29 Å². The molecular weight excluding hydrogens is 111 g/mol. The largest absolute Gasteiger partial charge is 0.296 e. The third-order valence-electron chi connectivity index (χ3n) is 0.687. The summed E-state index contributed by atoms with van der Waals surface area (Å²) in [6, 6.07) is 1.02. The molecular formula is C4H3FN2O. The molecule has 0 aromatic carbocycles. The van der Waals surface area contributed by atoms with E-state index in [1.165, 1.54) is 0 Å². The summed E-state index contributed by atoms with van der Waals surface area (Å²) in [5.41, 5.74) is 0.0856. The van der Waals surface area contributed by atoms with Gasteiger partial charge < -0.3 is 0 Å². The van der Waals surface area contributed by atoms with E-state index >= 15 is 0 Å². The van der Waals surface area contributed by atoms with Crippen LogP contribution in [0, 0.1) is 5.95 Å². The summed E-state index contributed by atoms with van der Waals surface area (Å²) in [4.78, 5) is 9.77. The number of carbonyl (C=O) groups excluding carboxylic acids is 1. The third-order valence-corrected chi connectivity index (χ3v) is 0.687. The Kier molecular flexibility index (Phi) is 1.07. The average Bonchev–Trinajstić information content (AvgIpc) is 2.14. The summed E-state index contributed by atoms with van der Waals surface area (Å²) in [7, 11) is 0. The molecule has 1 rings (SSSR count). The van der Waals surface area contributed by atoms with Crippen molar-refractivity contribution in [1.29, 1.82) is 0 Å². The smallest absolute Gasteiger partial charge is 0.209 e. The lowest BCUT2D eigenvalue weighted by Crippen LogP contribution is -1.75. The molecule has 1 aromatic heterocycles. The minimum atomic E-state index is -0.591. The lowest BCUT2D eigenvalue weighted by Gasteiger charge is -1.64. The maximum Gasteiger partial charge on any atom is 0.209 e. The number of nitrogens with zero attached hydrogens (tertiary/aromatic N) is 1. The van der Waals surface area contributed by atoms with E-state index in [1.807, 2.05) is 5.10 Å². The fourth-order valence-corrected chi connectivity index (χ4v) is 0.373. The summed E-state index contributed by atoms with van der Waals surface area (Å²) < 4.78 is 11.8. The number of carbonyl (C=O) groups is 1. The highest BCUT2D eigenvalue weighted by molar-refractivity contribution is 5.71. The topological polar surface area (TPSA) is 45.8 Å². The van der Waals surface area contributed by atoms with Crippen molar-refractivity contribution in [3.63, 3.8) is 0 Å². The van der Waals surface area contributed by atoms with E-state index in [2.05, 4.69) is 5.10 Å². The zero-order chi connectivity index (χ0) is 5.98. The molecule has 0 saturated carbocycles. The number of H-pyrrole nitrogens is 1. The van der Waals surface area contributed by atoms with E-state index in [-0.39, 0.29) is 5.69 Å². The molecule has 0 aliphatic rings. The lowest BCUT2D eigenvalue weighted by molar-refractivity contribution is 0.111. The van der Waals surface area contributed by atoms with Gasteiger partial charge in [-0.1, -0.05) is 0 Å². The molecule has 1 heterocycles. The fourth-order valence-electron chi connectivity index (χ4n) is 0.373. The van der Waals surface area contributed by atoms with Gasteiger partial charge in [0.2, 0.25) is 5.95 Å². The van der Waals surface area contributed by atoms with Crippen LogP contribution in [0.4, 0.5) is 4.39 Å². The molecule has 4 heteroatoms. The van der Waals surface area contributed by atoms with E-state index in [0.717, 1.165) is 6.07 Å². The summed E-state index contributed by atoms with van der Waals surface area (Å²) in [5.74, 6) is -0.591. The van der Waals surface area contributed by atoms with Gasteiger partial charge in [-0.05, 0) is 0 Å². The second-order valence-corrected chi connectivity index (χ2v) is 1.26. The Hall–Kier alpha value is -1.19. The molecule has 0 fully saturated rings. The Morgan fingerprint density at radius 2 is 2.62 bits per heavy atom. The first-order valence-corrected chi connectivity index (χ1v) is 1.99. The normalized spacial score (nSPS) is 9.12. The van der Waals surface area contributed by atoms with Crippen LogP contribution < -0.4 is 0 Å². The molecule has 1 aromatic rings. The second-order valence-electron chi connectivity index (χ2n) is 1.26. The third kappa shape index (κ3) is 0.726. The van der Waals surface area contributed by atoms with Crippen molar-refractivity contribution in [3.8, 4) is 0 Å². The van der Waals surface area contributed by atoms with Crippen molar-refractivity contribution in [2.75, 3.05) is 0 Å². The van der Waals surface area contributed by atoms with Crippen molar-refractivity contribution >= 4 is 6.29 Å². The zero-order valence-electron chi connectivity index (χ0n) is 3.89. The minimum Gasteiger partial charge on any atom is -0.296 e. The number of aldehydes is 1.